The van der Waals surface area contributed by atoms with Gasteiger partial charge in [0.2, 0.25) is 5.91 Å². The number of hydrogen-bond donors (Lipinski definition) is 2. The van der Waals surface area contributed by atoms with E-state index in [1.807, 2.05) is 42.5 Å². The lowest BCUT2D eigenvalue weighted by Gasteiger charge is -2.26. The molecule has 0 aliphatic carbocycles. The van der Waals surface area contributed by atoms with Crippen LogP contribution in [-0.4, -0.2) is 12.5 Å². The fourth-order valence-corrected chi connectivity index (χ4v) is 2.90. The smallest absolute Gasteiger partial charge is 0.242 e. The van der Waals surface area contributed by atoms with Gasteiger partial charge in [-0.3, -0.25) is 4.79 Å². The van der Waals surface area contributed by atoms with E-state index < -0.39 is 0 Å². The highest BCUT2D eigenvalue weighted by atomic mass is 79.9. The lowest BCUT2D eigenvalue weighted by Crippen LogP contribution is -2.41. The molecule has 1 unspecified atom stereocenters. The molecule has 1 aliphatic rings. The van der Waals surface area contributed by atoms with Crippen LogP contribution < -0.4 is 10.6 Å². The number of rotatable bonds is 3. The van der Waals surface area contributed by atoms with Gasteiger partial charge in [-0.2, -0.15) is 0 Å². The molecule has 108 valence electrons. The Bertz CT molecular complexity index is 639. The molecular weight excluding hydrogens is 328 g/mol. The highest BCUT2D eigenvalue weighted by Gasteiger charge is 2.25. The first-order valence-corrected chi connectivity index (χ1v) is 7.87. The summed E-state index contributed by atoms with van der Waals surface area (Å²) in [5.41, 5.74) is 3.45. The van der Waals surface area contributed by atoms with E-state index in [9.17, 15) is 4.79 Å². The Balaban J connectivity index is 1.68. The van der Waals surface area contributed by atoms with Gasteiger partial charge < -0.3 is 10.6 Å². The second-order valence-corrected chi connectivity index (χ2v) is 6.10. The summed E-state index contributed by atoms with van der Waals surface area (Å²) < 4.78 is 1.04. The van der Waals surface area contributed by atoms with Crippen molar-refractivity contribution in [3.8, 4) is 0 Å². The van der Waals surface area contributed by atoms with Crippen LogP contribution in [0.3, 0.4) is 0 Å². The minimum Gasteiger partial charge on any atom is -0.350 e. The third-order valence-corrected chi connectivity index (χ3v) is 4.28. The summed E-state index contributed by atoms with van der Waals surface area (Å²) in [5.74, 6) is 0.0325. The SMILES string of the molecule is O=C(NCc1ccc(Br)cc1)C1NCCc2ccccc21. The average Bonchev–Trinajstić information content (AvgIpc) is 2.53. The summed E-state index contributed by atoms with van der Waals surface area (Å²) in [4.78, 5) is 12.4. The first-order chi connectivity index (χ1) is 10.2. The summed E-state index contributed by atoms with van der Waals surface area (Å²) in [7, 11) is 0. The second-order valence-electron chi connectivity index (χ2n) is 5.18. The maximum absolute atomic E-state index is 12.4. The van der Waals surface area contributed by atoms with E-state index in [4.69, 9.17) is 0 Å². The summed E-state index contributed by atoms with van der Waals surface area (Å²) in [6.45, 7) is 1.39. The van der Waals surface area contributed by atoms with Crippen LogP contribution in [0.25, 0.3) is 0 Å². The maximum atomic E-state index is 12.4. The molecule has 2 N–H and O–H groups in total. The van der Waals surface area contributed by atoms with E-state index >= 15 is 0 Å². The van der Waals surface area contributed by atoms with Gasteiger partial charge in [0.15, 0.2) is 0 Å². The Morgan fingerprint density at radius 2 is 1.95 bits per heavy atom. The molecule has 0 radical (unpaired) electrons. The Morgan fingerprint density at radius 3 is 2.76 bits per heavy atom. The van der Waals surface area contributed by atoms with Crippen molar-refractivity contribution in [1.29, 1.82) is 0 Å². The van der Waals surface area contributed by atoms with E-state index in [2.05, 4.69) is 32.6 Å². The van der Waals surface area contributed by atoms with Crippen LogP contribution in [0.4, 0.5) is 0 Å². The third kappa shape index (κ3) is 3.34. The van der Waals surface area contributed by atoms with Crippen LogP contribution in [0, 0.1) is 0 Å². The second kappa shape index (κ2) is 6.41. The van der Waals surface area contributed by atoms with Crippen molar-refractivity contribution >= 4 is 21.8 Å². The van der Waals surface area contributed by atoms with Crippen molar-refractivity contribution in [3.05, 3.63) is 69.7 Å². The number of carbonyl (C=O) groups is 1. The fraction of sp³-hybridized carbons (Fsp3) is 0.235. The summed E-state index contributed by atoms with van der Waals surface area (Å²) in [6, 6.07) is 15.9. The van der Waals surface area contributed by atoms with Crippen LogP contribution >= 0.6 is 15.9 Å². The highest BCUT2D eigenvalue weighted by molar-refractivity contribution is 9.10. The molecule has 21 heavy (non-hydrogen) atoms. The Morgan fingerprint density at radius 1 is 1.19 bits per heavy atom. The molecule has 1 heterocycles. The minimum absolute atomic E-state index is 0.0325. The van der Waals surface area contributed by atoms with Gasteiger partial charge in [0, 0.05) is 17.6 Å². The van der Waals surface area contributed by atoms with Crippen molar-refractivity contribution in [2.45, 2.75) is 19.0 Å². The first kappa shape index (κ1) is 14.3. The van der Waals surface area contributed by atoms with E-state index in [1.165, 1.54) is 5.56 Å². The fourth-order valence-electron chi connectivity index (χ4n) is 2.63. The number of amides is 1. The molecule has 2 aromatic carbocycles. The molecule has 0 saturated carbocycles. The topological polar surface area (TPSA) is 41.1 Å². The zero-order chi connectivity index (χ0) is 14.7. The number of benzene rings is 2. The molecule has 1 aliphatic heterocycles. The van der Waals surface area contributed by atoms with Crippen molar-refractivity contribution in [2.75, 3.05) is 6.54 Å². The zero-order valence-corrected chi connectivity index (χ0v) is 13.2. The van der Waals surface area contributed by atoms with Crippen molar-refractivity contribution in [3.63, 3.8) is 0 Å². The monoisotopic (exact) mass is 344 g/mol. The standard InChI is InChI=1S/C17H17BrN2O/c18-14-7-5-12(6-8-14)11-20-17(21)16-15-4-2-1-3-13(15)9-10-19-16/h1-8,16,19H,9-11H2,(H,20,21). The molecule has 1 atom stereocenters. The Labute approximate surface area is 132 Å². The van der Waals surface area contributed by atoms with Gasteiger partial charge in [0.1, 0.15) is 6.04 Å². The van der Waals surface area contributed by atoms with Crippen LogP contribution in [0.2, 0.25) is 0 Å². The highest BCUT2D eigenvalue weighted by Crippen LogP contribution is 2.22. The molecule has 2 aromatic rings. The van der Waals surface area contributed by atoms with E-state index in [0.29, 0.717) is 6.54 Å². The molecule has 0 bridgehead atoms. The van der Waals surface area contributed by atoms with E-state index in [1.54, 1.807) is 0 Å². The molecule has 3 nitrogen and oxygen atoms in total. The maximum Gasteiger partial charge on any atom is 0.242 e. The largest absolute Gasteiger partial charge is 0.350 e. The minimum atomic E-state index is -0.245. The predicted octanol–water partition coefficient (Wildman–Crippen LogP) is 2.95. The predicted molar refractivity (Wildman–Crippen MR) is 86.9 cm³/mol. The molecule has 0 saturated heterocycles. The van der Waals surface area contributed by atoms with Gasteiger partial charge in [-0.15, -0.1) is 0 Å². The van der Waals surface area contributed by atoms with Crippen LogP contribution in [0.1, 0.15) is 22.7 Å². The number of halogens is 1. The van der Waals surface area contributed by atoms with Gasteiger partial charge in [-0.1, -0.05) is 52.3 Å². The molecule has 0 spiro atoms. The molecule has 4 heteroatoms. The third-order valence-electron chi connectivity index (χ3n) is 3.75. The summed E-state index contributed by atoms with van der Waals surface area (Å²) >= 11 is 3.41. The van der Waals surface area contributed by atoms with Crippen molar-refractivity contribution < 1.29 is 4.79 Å². The molecule has 0 aromatic heterocycles. The van der Waals surface area contributed by atoms with Gasteiger partial charge in [-0.25, -0.2) is 0 Å². The molecule has 3 rings (SSSR count). The molecular formula is C17H17BrN2O. The summed E-state index contributed by atoms with van der Waals surface area (Å²) in [6.07, 6.45) is 0.979. The average molecular weight is 345 g/mol. The van der Waals surface area contributed by atoms with Gasteiger partial charge in [0.25, 0.3) is 0 Å². The number of nitrogens with one attached hydrogen (secondary N) is 2. The van der Waals surface area contributed by atoms with Crippen LogP contribution in [-0.2, 0) is 17.8 Å². The zero-order valence-electron chi connectivity index (χ0n) is 11.6. The van der Waals surface area contributed by atoms with E-state index in [-0.39, 0.29) is 11.9 Å². The van der Waals surface area contributed by atoms with Crippen molar-refractivity contribution in [2.24, 2.45) is 0 Å². The quantitative estimate of drug-likeness (QED) is 0.898. The Kier molecular flexibility index (Phi) is 4.36. The summed E-state index contributed by atoms with van der Waals surface area (Å²) in [5, 5.41) is 6.31. The van der Waals surface area contributed by atoms with E-state index in [0.717, 1.165) is 28.6 Å². The number of hydrogen-bond acceptors (Lipinski definition) is 2. The Hall–Kier alpha value is -1.65. The van der Waals surface area contributed by atoms with Crippen LogP contribution in [0.15, 0.2) is 53.0 Å². The molecule has 1 amide bonds. The lowest BCUT2D eigenvalue weighted by molar-refractivity contribution is -0.123. The van der Waals surface area contributed by atoms with Crippen LogP contribution in [0.5, 0.6) is 0 Å². The van der Waals surface area contributed by atoms with Gasteiger partial charge in [0.05, 0.1) is 0 Å². The van der Waals surface area contributed by atoms with Crippen molar-refractivity contribution in [1.82, 2.24) is 10.6 Å². The lowest BCUT2D eigenvalue weighted by atomic mass is 9.94. The first-order valence-electron chi connectivity index (χ1n) is 7.07. The normalized spacial score (nSPS) is 17.1. The number of carbonyl (C=O) groups excluding carboxylic acids is 1. The van der Waals surface area contributed by atoms with Gasteiger partial charge >= 0.3 is 0 Å². The number of fused-ring (bicyclic) bond motifs is 1. The molecule has 0 fully saturated rings. The van der Waals surface area contributed by atoms with Gasteiger partial charge in [-0.05, 0) is 35.2 Å².